The number of piperazine rings is 1. The number of rotatable bonds is 9. The number of benzene rings is 2. The van der Waals surface area contributed by atoms with Gasteiger partial charge in [0.2, 0.25) is 0 Å². The predicted molar refractivity (Wildman–Crippen MR) is 140 cm³/mol. The molecule has 2 heterocycles. The third kappa shape index (κ3) is 5.76. The van der Waals surface area contributed by atoms with Gasteiger partial charge in [-0.15, -0.1) is 0 Å². The number of alkyl halides is 3. The van der Waals surface area contributed by atoms with Crippen molar-refractivity contribution in [3.63, 3.8) is 0 Å². The van der Waals surface area contributed by atoms with Crippen LogP contribution in [0.4, 0.5) is 18.9 Å². The molecule has 0 bridgehead atoms. The van der Waals surface area contributed by atoms with Gasteiger partial charge < -0.3 is 20.1 Å². The van der Waals surface area contributed by atoms with Crippen molar-refractivity contribution in [2.45, 2.75) is 51.0 Å². The molecule has 0 spiro atoms. The van der Waals surface area contributed by atoms with Crippen LogP contribution in [0.2, 0.25) is 0 Å². The highest BCUT2D eigenvalue weighted by molar-refractivity contribution is 5.94. The Morgan fingerprint density at radius 3 is 2.68 bits per heavy atom. The quantitative estimate of drug-likeness (QED) is 0.336. The zero-order chi connectivity index (χ0) is 27.0. The minimum Gasteiger partial charge on any atom is -0.496 e. The Labute approximate surface area is 219 Å². The molecule has 2 fully saturated rings. The van der Waals surface area contributed by atoms with Crippen LogP contribution in [0.3, 0.4) is 0 Å². The minimum absolute atomic E-state index is 0.0653. The van der Waals surface area contributed by atoms with Crippen LogP contribution in [0.25, 0.3) is 10.9 Å². The third-order valence-corrected chi connectivity index (χ3v) is 7.58. The van der Waals surface area contributed by atoms with Gasteiger partial charge in [0.25, 0.3) is 0 Å². The average Bonchev–Trinajstić information content (AvgIpc) is 3.54. The monoisotopic (exact) mass is 530 g/mol. The highest BCUT2D eigenvalue weighted by atomic mass is 19.4. The molecule has 3 aromatic rings. The van der Waals surface area contributed by atoms with E-state index in [-0.39, 0.29) is 24.2 Å². The van der Waals surface area contributed by atoms with Gasteiger partial charge in [0.15, 0.2) is 0 Å². The van der Waals surface area contributed by atoms with Crippen molar-refractivity contribution in [1.29, 1.82) is 0 Å². The Bertz CT molecular complexity index is 1320. The summed E-state index contributed by atoms with van der Waals surface area (Å²) < 4.78 is 44.8. The van der Waals surface area contributed by atoms with Crippen molar-refractivity contribution in [2.24, 2.45) is 0 Å². The number of carboxylic acids is 1. The van der Waals surface area contributed by atoms with E-state index in [0.29, 0.717) is 31.9 Å². The maximum atomic E-state index is 13.0. The first kappa shape index (κ1) is 26.4. The number of fused-ring (bicyclic) bond motifs is 1. The van der Waals surface area contributed by atoms with Gasteiger partial charge in [-0.2, -0.15) is 13.2 Å². The summed E-state index contributed by atoms with van der Waals surface area (Å²) in [5.74, 6) is -0.239. The van der Waals surface area contributed by atoms with E-state index in [9.17, 15) is 23.1 Å². The van der Waals surface area contributed by atoms with Crippen molar-refractivity contribution in [3.05, 3.63) is 58.8 Å². The van der Waals surface area contributed by atoms with Crippen LogP contribution in [0.15, 0.2) is 36.5 Å². The summed E-state index contributed by atoms with van der Waals surface area (Å²) in [7, 11) is 1.64. The molecule has 2 aliphatic rings. The lowest BCUT2D eigenvalue weighted by Gasteiger charge is -2.42. The molecule has 0 radical (unpaired) electrons. The van der Waals surface area contributed by atoms with Crippen molar-refractivity contribution in [3.8, 4) is 5.75 Å². The number of aromatic nitrogens is 1. The number of nitrogens with one attached hydrogen (secondary N) is 2. The van der Waals surface area contributed by atoms with Crippen molar-refractivity contribution >= 4 is 22.6 Å². The number of aromatic carboxylic acids is 1. The van der Waals surface area contributed by atoms with Crippen LogP contribution in [0.1, 0.15) is 52.4 Å². The van der Waals surface area contributed by atoms with Gasteiger partial charge >= 0.3 is 12.1 Å². The second kappa shape index (κ2) is 10.5. The van der Waals surface area contributed by atoms with Crippen molar-refractivity contribution in [2.75, 3.05) is 38.6 Å². The fraction of sp³-hybridized carbons (Fsp3) is 0.464. The molecular formula is C28H33F3N4O3. The van der Waals surface area contributed by atoms with Crippen molar-refractivity contribution < 1.29 is 27.8 Å². The largest absolute Gasteiger partial charge is 0.496 e. The number of halogens is 3. The Balaban J connectivity index is 1.49. The summed E-state index contributed by atoms with van der Waals surface area (Å²) in [4.78, 5) is 19.3. The van der Waals surface area contributed by atoms with Crippen molar-refractivity contribution in [1.82, 2.24) is 14.8 Å². The van der Waals surface area contributed by atoms with E-state index in [2.05, 4.69) is 15.2 Å². The van der Waals surface area contributed by atoms with E-state index < -0.39 is 18.6 Å². The van der Waals surface area contributed by atoms with Crippen LogP contribution < -0.4 is 10.1 Å². The smallest absolute Gasteiger partial charge is 0.390 e. The number of H-pyrrole nitrogens is 1. The van der Waals surface area contributed by atoms with Gasteiger partial charge in [0.1, 0.15) is 5.75 Å². The molecule has 38 heavy (non-hydrogen) atoms. The number of hydrogen-bond acceptors (Lipinski definition) is 5. The van der Waals surface area contributed by atoms with Gasteiger partial charge in [-0.3, -0.25) is 9.80 Å². The normalized spacial score (nSPS) is 19.1. The van der Waals surface area contributed by atoms with Crippen LogP contribution >= 0.6 is 0 Å². The van der Waals surface area contributed by atoms with Gasteiger partial charge in [-0.25, -0.2) is 4.79 Å². The summed E-state index contributed by atoms with van der Waals surface area (Å²) in [6.45, 7) is 3.99. The maximum absolute atomic E-state index is 13.0. The number of carboxylic acid groups (broad SMARTS) is 1. The molecule has 204 valence electrons. The molecule has 3 N–H and O–H groups in total. The van der Waals surface area contributed by atoms with E-state index in [1.807, 2.05) is 36.2 Å². The molecule has 1 aliphatic carbocycles. The van der Waals surface area contributed by atoms with E-state index in [1.165, 1.54) is 0 Å². The lowest BCUT2D eigenvalue weighted by Crippen LogP contribution is -2.48. The van der Waals surface area contributed by atoms with Gasteiger partial charge in [0, 0.05) is 73.2 Å². The average molecular weight is 531 g/mol. The fourth-order valence-corrected chi connectivity index (χ4v) is 5.38. The number of nitrogens with zero attached hydrogens (tertiary/aromatic N) is 2. The number of carbonyl (C=O) groups is 1. The number of anilines is 1. The van der Waals surface area contributed by atoms with Gasteiger partial charge in [-0.1, -0.05) is 6.07 Å². The highest BCUT2D eigenvalue weighted by Crippen LogP contribution is 2.37. The standard InChI is InChI=1S/C28H33F3N4O3/c1-17-13-25(38-2)22(20-7-9-32-26(17)20)15-35-12-11-34(10-8-28(29,30)31)16-24(35)18-3-6-21(27(36)37)23(14-18)33-19-4-5-19/h3,6-7,9,13-14,19,24,32-33H,4-5,8,10-12,15-16H2,1-2H3,(H,36,37). The maximum Gasteiger partial charge on any atom is 0.390 e. The number of ether oxygens (including phenoxy) is 1. The molecule has 0 amide bonds. The van der Waals surface area contributed by atoms with Gasteiger partial charge in [0.05, 0.1) is 19.1 Å². The number of hydrogen-bond donors (Lipinski definition) is 3. The van der Waals surface area contributed by atoms with E-state index in [4.69, 9.17) is 4.74 Å². The number of aryl methyl sites for hydroxylation is 1. The molecule has 7 nitrogen and oxygen atoms in total. The Kier molecular flexibility index (Phi) is 7.28. The molecule has 10 heteroatoms. The summed E-state index contributed by atoms with van der Waals surface area (Å²) in [5.41, 5.74) is 4.76. The molecule has 1 saturated heterocycles. The van der Waals surface area contributed by atoms with E-state index in [0.717, 1.165) is 46.2 Å². The lowest BCUT2D eigenvalue weighted by atomic mass is 9.97. The molecule has 1 unspecified atom stereocenters. The molecule has 1 saturated carbocycles. The summed E-state index contributed by atoms with van der Waals surface area (Å²) in [6, 6.07) is 9.32. The Hall–Kier alpha value is -3.24. The van der Waals surface area contributed by atoms with Crippen LogP contribution in [-0.2, 0) is 6.54 Å². The predicted octanol–water partition coefficient (Wildman–Crippen LogP) is 5.57. The summed E-state index contributed by atoms with van der Waals surface area (Å²) in [5, 5.41) is 14.1. The zero-order valence-corrected chi connectivity index (χ0v) is 21.6. The molecule has 2 aromatic carbocycles. The van der Waals surface area contributed by atoms with Crippen LogP contribution in [-0.4, -0.2) is 71.4 Å². The summed E-state index contributed by atoms with van der Waals surface area (Å²) in [6.07, 6.45) is -1.20. The second-order valence-corrected chi connectivity index (χ2v) is 10.3. The number of aromatic amines is 1. The second-order valence-electron chi connectivity index (χ2n) is 10.3. The SMILES string of the molecule is COc1cc(C)c2[nH]ccc2c1CN1CCN(CCC(F)(F)F)CC1c1ccc(C(=O)O)c(NC2CC2)c1. The highest BCUT2D eigenvalue weighted by Gasteiger charge is 2.34. The zero-order valence-electron chi connectivity index (χ0n) is 21.6. The first-order valence-electron chi connectivity index (χ1n) is 12.9. The minimum atomic E-state index is -4.22. The third-order valence-electron chi connectivity index (χ3n) is 7.58. The topological polar surface area (TPSA) is 80.8 Å². The Morgan fingerprint density at radius 2 is 2.00 bits per heavy atom. The molecule has 1 aromatic heterocycles. The fourth-order valence-electron chi connectivity index (χ4n) is 5.38. The molecular weight excluding hydrogens is 497 g/mol. The molecule has 1 aliphatic heterocycles. The molecule has 5 rings (SSSR count). The first-order chi connectivity index (χ1) is 18.1. The van der Waals surface area contributed by atoms with Crippen LogP contribution in [0.5, 0.6) is 5.75 Å². The van der Waals surface area contributed by atoms with E-state index >= 15 is 0 Å². The first-order valence-corrected chi connectivity index (χ1v) is 12.9. The van der Waals surface area contributed by atoms with Crippen LogP contribution in [0, 0.1) is 6.92 Å². The van der Waals surface area contributed by atoms with E-state index in [1.54, 1.807) is 19.2 Å². The summed E-state index contributed by atoms with van der Waals surface area (Å²) >= 11 is 0. The number of methoxy groups -OCH3 is 1. The Morgan fingerprint density at radius 1 is 1.21 bits per heavy atom. The molecule has 1 atom stereocenters. The lowest BCUT2D eigenvalue weighted by molar-refractivity contribution is -0.139. The van der Waals surface area contributed by atoms with Gasteiger partial charge in [-0.05, 0) is 55.2 Å².